The number of carbonyl (C=O) groups excluding carboxylic acids is 1. The minimum atomic E-state index is -0.668. The number of carbonyl (C=O) groups is 1. The molecule has 0 aliphatic heterocycles. The molecule has 0 radical (unpaired) electrons. The van der Waals surface area contributed by atoms with Crippen molar-refractivity contribution in [3.8, 4) is 0 Å². The summed E-state index contributed by atoms with van der Waals surface area (Å²) in [6.07, 6.45) is 0.0179. The first-order chi connectivity index (χ1) is 7.58. The molecule has 0 amide bonds. The van der Waals surface area contributed by atoms with Crippen molar-refractivity contribution in [1.82, 2.24) is 4.98 Å². The first-order valence-electron chi connectivity index (χ1n) is 4.89. The van der Waals surface area contributed by atoms with Gasteiger partial charge in [-0.25, -0.2) is 9.78 Å². The van der Waals surface area contributed by atoms with Crippen LogP contribution in [-0.4, -0.2) is 28.5 Å². The lowest BCUT2D eigenvalue weighted by Crippen LogP contribution is -2.20. The van der Waals surface area contributed by atoms with E-state index in [0.29, 0.717) is 11.7 Å². The van der Waals surface area contributed by atoms with Gasteiger partial charge >= 0.3 is 5.97 Å². The quantitative estimate of drug-likeness (QED) is 0.361. The second kappa shape index (κ2) is 5.29. The highest BCUT2D eigenvalue weighted by Gasteiger charge is 2.17. The summed E-state index contributed by atoms with van der Waals surface area (Å²) in [5.41, 5.74) is 0.624. The van der Waals surface area contributed by atoms with E-state index in [1.54, 1.807) is 20.8 Å². The summed E-state index contributed by atoms with van der Waals surface area (Å²) in [5, 5.41) is 11.6. The van der Waals surface area contributed by atoms with Gasteiger partial charge in [0.1, 0.15) is 5.76 Å². The van der Waals surface area contributed by atoms with Crippen LogP contribution in [0, 0.1) is 13.8 Å². The van der Waals surface area contributed by atoms with Crippen LogP contribution in [0.3, 0.4) is 0 Å². The first kappa shape index (κ1) is 12.2. The maximum Gasteiger partial charge on any atom is 0.356 e. The first-order valence-corrected chi connectivity index (χ1v) is 4.89. The fourth-order valence-corrected chi connectivity index (χ4v) is 1.12. The van der Waals surface area contributed by atoms with Crippen molar-refractivity contribution in [3.63, 3.8) is 0 Å². The highest BCUT2D eigenvalue weighted by atomic mass is 16.5. The number of rotatable bonds is 4. The van der Waals surface area contributed by atoms with Gasteiger partial charge in [-0.1, -0.05) is 5.16 Å². The lowest BCUT2D eigenvalue weighted by Gasteiger charge is -2.01. The molecule has 0 aliphatic rings. The van der Waals surface area contributed by atoms with Crippen molar-refractivity contribution in [2.45, 2.75) is 27.2 Å². The minimum absolute atomic E-state index is 0.0179. The molecule has 0 aliphatic carbocycles. The van der Waals surface area contributed by atoms with Crippen LogP contribution in [0.2, 0.25) is 0 Å². The van der Waals surface area contributed by atoms with E-state index in [1.165, 1.54) is 0 Å². The van der Waals surface area contributed by atoms with Crippen LogP contribution < -0.4 is 0 Å². The summed E-state index contributed by atoms with van der Waals surface area (Å²) in [6.45, 7) is 5.46. The average molecular weight is 226 g/mol. The standard InChI is InChI=1S/C10H14N2O4/c1-4-15-10(13)8(12-14)5-9-11-6(2)7(3)16-9/h14H,4-5H2,1-3H3/b12-8+. The lowest BCUT2D eigenvalue weighted by molar-refractivity contribution is -0.135. The van der Waals surface area contributed by atoms with E-state index in [2.05, 4.69) is 10.1 Å². The van der Waals surface area contributed by atoms with E-state index in [0.717, 1.165) is 5.69 Å². The monoisotopic (exact) mass is 226 g/mol. The Morgan fingerprint density at radius 3 is 2.69 bits per heavy atom. The van der Waals surface area contributed by atoms with Gasteiger partial charge in [0.15, 0.2) is 5.71 Å². The van der Waals surface area contributed by atoms with Gasteiger partial charge in [0.05, 0.1) is 18.7 Å². The molecule has 6 heteroatoms. The van der Waals surface area contributed by atoms with Crippen LogP contribution in [0.5, 0.6) is 0 Å². The van der Waals surface area contributed by atoms with Crippen LogP contribution in [0.25, 0.3) is 0 Å². The Labute approximate surface area is 92.9 Å². The Morgan fingerprint density at radius 2 is 2.25 bits per heavy atom. The molecule has 1 N–H and O–H groups in total. The SMILES string of the molecule is CCOC(=O)/C(Cc1nc(C)c(C)o1)=N/O. The van der Waals surface area contributed by atoms with Gasteiger partial charge in [-0.3, -0.25) is 0 Å². The van der Waals surface area contributed by atoms with E-state index in [9.17, 15) is 4.79 Å². The molecule has 6 nitrogen and oxygen atoms in total. The van der Waals surface area contributed by atoms with Crippen LogP contribution in [0.1, 0.15) is 24.3 Å². The van der Waals surface area contributed by atoms with Crippen LogP contribution >= 0.6 is 0 Å². The molecule has 0 bridgehead atoms. The predicted molar refractivity (Wildman–Crippen MR) is 55.5 cm³/mol. The number of esters is 1. The van der Waals surface area contributed by atoms with Crippen LogP contribution in [0.15, 0.2) is 9.57 Å². The summed E-state index contributed by atoms with van der Waals surface area (Å²) in [7, 11) is 0. The van der Waals surface area contributed by atoms with Gasteiger partial charge in [0.2, 0.25) is 5.89 Å². The highest BCUT2D eigenvalue weighted by molar-refractivity contribution is 6.36. The van der Waals surface area contributed by atoms with Crippen molar-refractivity contribution >= 4 is 11.7 Å². The smallest absolute Gasteiger partial charge is 0.356 e. The lowest BCUT2D eigenvalue weighted by atomic mass is 10.3. The minimum Gasteiger partial charge on any atom is -0.461 e. The number of oxazole rings is 1. The summed E-state index contributed by atoms with van der Waals surface area (Å²) < 4.78 is 9.97. The number of hydrogen-bond acceptors (Lipinski definition) is 6. The Hall–Kier alpha value is -1.85. The van der Waals surface area contributed by atoms with Gasteiger partial charge in [-0.05, 0) is 20.8 Å². The molecule has 88 valence electrons. The number of nitrogens with zero attached hydrogens (tertiary/aromatic N) is 2. The molecule has 0 saturated carbocycles. The van der Waals surface area contributed by atoms with E-state index in [4.69, 9.17) is 14.4 Å². The van der Waals surface area contributed by atoms with Gasteiger partial charge in [0.25, 0.3) is 0 Å². The second-order valence-corrected chi connectivity index (χ2v) is 3.19. The Balaban J connectivity index is 2.75. The topological polar surface area (TPSA) is 84.9 Å². The molecule has 16 heavy (non-hydrogen) atoms. The zero-order valence-corrected chi connectivity index (χ0v) is 9.48. The number of ether oxygens (including phenoxy) is 1. The number of oxime groups is 1. The van der Waals surface area contributed by atoms with Crippen molar-refractivity contribution < 1.29 is 19.2 Å². The number of hydrogen-bond donors (Lipinski definition) is 1. The normalized spacial score (nSPS) is 11.6. The number of aromatic nitrogens is 1. The molecular formula is C10H14N2O4. The summed E-state index contributed by atoms with van der Waals surface area (Å²) in [4.78, 5) is 15.4. The third-order valence-electron chi connectivity index (χ3n) is 2.02. The summed E-state index contributed by atoms with van der Waals surface area (Å²) in [5.74, 6) is 0.338. The summed E-state index contributed by atoms with van der Waals surface area (Å²) >= 11 is 0. The van der Waals surface area contributed by atoms with Crippen LogP contribution in [-0.2, 0) is 16.0 Å². The fourth-order valence-electron chi connectivity index (χ4n) is 1.12. The molecule has 0 unspecified atom stereocenters. The maximum absolute atomic E-state index is 11.3. The highest BCUT2D eigenvalue weighted by Crippen LogP contribution is 2.09. The molecule has 0 saturated heterocycles. The zero-order valence-electron chi connectivity index (χ0n) is 9.48. The van der Waals surface area contributed by atoms with E-state index in [1.807, 2.05) is 0 Å². The van der Waals surface area contributed by atoms with Crippen molar-refractivity contribution in [2.24, 2.45) is 5.16 Å². The second-order valence-electron chi connectivity index (χ2n) is 3.19. The van der Waals surface area contributed by atoms with Gasteiger partial charge < -0.3 is 14.4 Å². The van der Waals surface area contributed by atoms with Gasteiger partial charge in [0, 0.05) is 0 Å². The third-order valence-corrected chi connectivity index (χ3v) is 2.02. The Kier molecular flexibility index (Phi) is 4.04. The Bertz CT molecular complexity index is 389. The predicted octanol–water partition coefficient (Wildman–Crippen LogP) is 1.23. The molecule has 1 aromatic heterocycles. The molecular weight excluding hydrogens is 212 g/mol. The van der Waals surface area contributed by atoms with Crippen molar-refractivity contribution in [1.29, 1.82) is 0 Å². The molecule has 1 aromatic rings. The van der Waals surface area contributed by atoms with E-state index >= 15 is 0 Å². The van der Waals surface area contributed by atoms with Gasteiger partial charge in [-0.2, -0.15) is 0 Å². The number of aryl methyl sites for hydroxylation is 2. The molecule has 1 heterocycles. The molecule has 1 rings (SSSR count). The van der Waals surface area contributed by atoms with Crippen LogP contribution in [0.4, 0.5) is 0 Å². The molecule has 0 atom stereocenters. The molecule has 0 fully saturated rings. The summed E-state index contributed by atoms with van der Waals surface area (Å²) in [6, 6.07) is 0. The average Bonchev–Trinajstić information content (AvgIpc) is 2.55. The van der Waals surface area contributed by atoms with E-state index in [-0.39, 0.29) is 18.7 Å². The van der Waals surface area contributed by atoms with Gasteiger partial charge in [-0.15, -0.1) is 0 Å². The third kappa shape index (κ3) is 2.82. The largest absolute Gasteiger partial charge is 0.461 e. The maximum atomic E-state index is 11.3. The van der Waals surface area contributed by atoms with E-state index < -0.39 is 5.97 Å². The fraction of sp³-hybridized carbons (Fsp3) is 0.500. The molecule has 0 spiro atoms. The Morgan fingerprint density at radius 1 is 1.56 bits per heavy atom. The van der Waals surface area contributed by atoms with Crippen molar-refractivity contribution in [3.05, 3.63) is 17.3 Å². The zero-order chi connectivity index (χ0) is 12.1. The van der Waals surface area contributed by atoms with Crippen molar-refractivity contribution in [2.75, 3.05) is 6.61 Å². The molecule has 0 aromatic carbocycles.